The zero-order valence-corrected chi connectivity index (χ0v) is 21.2. The number of rotatable bonds is 21. The van der Waals surface area contributed by atoms with Gasteiger partial charge in [0.15, 0.2) is 0 Å². The van der Waals surface area contributed by atoms with Crippen LogP contribution in [0.2, 0.25) is 0 Å². The van der Waals surface area contributed by atoms with Gasteiger partial charge in [-0.25, -0.2) is 0 Å². The molecule has 0 aromatic heterocycles. The molecule has 4 heteroatoms. The summed E-state index contributed by atoms with van der Waals surface area (Å²) >= 11 is 0. The van der Waals surface area contributed by atoms with Crippen LogP contribution < -0.4 is 0 Å². The Morgan fingerprint density at radius 3 is 1.55 bits per heavy atom. The number of benzene rings is 1. The first-order valence-corrected chi connectivity index (χ1v) is 13.4. The van der Waals surface area contributed by atoms with E-state index in [1.165, 1.54) is 62.5 Å². The van der Waals surface area contributed by atoms with Crippen LogP contribution in [0.15, 0.2) is 18.2 Å². The Balaban J connectivity index is 2.46. The second-order valence-electron chi connectivity index (χ2n) is 10.0. The average molecular weight is 461 g/mol. The van der Waals surface area contributed by atoms with Gasteiger partial charge in [0.25, 0.3) is 0 Å². The van der Waals surface area contributed by atoms with Gasteiger partial charge < -0.3 is 10.2 Å². The van der Waals surface area contributed by atoms with Gasteiger partial charge in [-0.2, -0.15) is 0 Å². The summed E-state index contributed by atoms with van der Waals surface area (Å²) in [5.74, 6) is -0.648. The predicted octanol–water partition coefficient (Wildman–Crippen LogP) is 7.99. The first-order valence-electron chi connectivity index (χ1n) is 13.4. The van der Waals surface area contributed by atoms with Crippen LogP contribution in [0.1, 0.15) is 127 Å². The molecule has 0 unspecified atom stereocenters. The van der Waals surface area contributed by atoms with Crippen molar-refractivity contribution in [2.75, 3.05) is 0 Å². The van der Waals surface area contributed by atoms with Crippen LogP contribution >= 0.6 is 0 Å². The van der Waals surface area contributed by atoms with Gasteiger partial charge in [-0.05, 0) is 74.0 Å². The number of hydrogen-bond donors (Lipinski definition) is 2. The molecule has 0 aliphatic carbocycles. The molecule has 0 aliphatic rings. The molecule has 2 N–H and O–H groups in total. The second-order valence-corrected chi connectivity index (χ2v) is 10.0. The molecule has 1 rings (SSSR count). The van der Waals surface area contributed by atoms with E-state index in [1.54, 1.807) is 5.56 Å². The van der Waals surface area contributed by atoms with E-state index in [1.807, 2.05) is 0 Å². The minimum absolute atomic E-state index is 0.300. The molecule has 188 valence electrons. The molecule has 0 atom stereocenters. The lowest BCUT2D eigenvalue weighted by atomic mass is 9.89. The van der Waals surface area contributed by atoms with Crippen molar-refractivity contribution in [3.8, 4) is 0 Å². The lowest BCUT2D eigenvalue weighted by Gasteiger charge is -2.16. The Bertz CT molecular complexity index is 666. The first kappa shape index (κ1) is 29.2. The van der Waals surface area contributed by atoms with Crippen LogP contribution in [0.3, 0.4) is 0 Å². The number of hydrogen-bond acceptors (Lipinski definition) is 2. The molecule has 4 nitrogen and oxygen atoms in total. The maximum absolute atomic E-state index is 10.6. The number of carboxylic acids is 2. The van der Waals surface area contributed by atoms with Crippen LogP contribution in [0, 0.1) is 5.92 Å². The fourth-order valence-electron chi connectivity index (χ4n) is 4.51. The molecule has 0 amide bonds. The number of aliphatic carboxylic acids is 2. The van der Waals surface area contributed by atoms with Crippen molar-refractivity contribution in [1.82, 2.24) is 0 Å². The van der Waals surface area contributed by atoms with Gasteiger partial charge in [0.2, 0.25) is 0 Å². The molecule has 1 aromatic rings. The summed E-state index contributed by atoms with van der Waals surface area (Å²) in [5.41, 5.74) is 4.66. The summed E-state index contributed by atoms with van der Waals surface area (Å²) in [6, 6.07) is 6.89. The van der Waals surface area contributed by atoms with E-state index in [0.717, 1.165) is 51.4 Å². The Morgan fingerprint density at radius 2 is 1.06 bits per heavy atom. The van der Waals surface area contributed by atoms with Crippen molar-refractivity contribution in [1.29, 1.82) is 0 Å². The van der Waals surface area contributed by atoms with E-state index in [0.29, 0.717) is 18.8 Å². The van der Waals surface area contributed by atoms with E-state index >= 15 is 0 Å². The molecule has 0 saturated heterocycles. The Labute approximate surface area is 202 Å². The highest BCUT2D eigenvalue weighted by molar-refractivity contribution is 5.66. The highest BCUT2D eigenvalue weighted by atomic mass is 16.4. The summed E-state index contributed by atoms with van der Waals surface area (Å²) in [6.07, 6.45) is 18.5. The number of unbranched alkanes of at least 4 members (excludes halogenated alkanes) is 10. The molecule has 0 aliphatic heterocycles. The third-order valence-electron chi connectivity index (χ3n) is 6.52. The van der Waals surface area contributed by atoms with Gasteiger partial charge in [-0.3, -0.25) is 9.59 Å². The lowest BCUT2D eigenvalue weighted by Crippen LogP contribution is -2.03. The van der Waals surface area contributed by atoms with E-state index in [2.05, 4.69) is 32.0 Å². The van der Waals surface area contributed by atoms with Crippen molar-refractivity contribution in [2.24, 2.45) is 5.92 Å². The molecule has 0 bridgehead atoms. The molecule has 1 aromatic carbocycles. The molecule has 0 spiro atoms. The highest BCUT2D eigenvalue weighted by Crippen LogP contribution is 2.23. The molecular formula is C29H48O4. The highest BCUT2D eigenvalue weighted by Gasteiger charge is 2.10. The molecular weight excluding hydrogens is 412 g/mol. The smallest absolute Gasteiger partial charge is 0.303 e. The van der Waals surface area contributed by atoms with Crippen LogP contribution in [0.5, 0.6) is 0 Å². The molecule has 33 heavy (non-hydrogen) atoms. The number of carbonyl (C=O) groups is 2. The minimum Gasteiger partial charge on any atom is -0.481 e. The molecule has 0 heterocycles. The normalized spacial score (nSPS) is 11.2. The standard InChI is InChI=1S/C29H48O4/c1-24(2)22-23-26-18-15-17-25(16-11-7-3-5-9-13-20-28(30)31)27(26)19-12-8-4-6-10-14-21-29(32)33/h15,17-18,24H,3-14,16,19-23H2,1-2H3,(H,30,31)(H,32,33). The summed E-state index contributed by atoms with van der Waals surface area (Å²) < 4.78 is 0. The topological polar surface area (TPSA) is 74.6 Å². The van der Waals surface area contributed by atoms with Gasteiger partial charge in [-0.15, -0.1) is 0 Å². The van der Waals surface area contributed by atoms with Crippen molar-refractivity contribution in [3.63, 3.8) is 0 Å². The zero-order valence-electron chi connectivity index (χ0n) is 21.2. The van der Waals surface area contributed by atoms with Crippen LogP contribution in [0.4, 0.5) is 0 Å². The average Bonchev–Trinajstić information content (AvgIpc) is 2.76. The quantitative estimate of drug-likeness (QED) is 0.182. The monoisotopic (exact) mass is 460 g/mol. The largest absolute Gasteiger partial charge is 0.481 e. The van der Waals surface area contributed by atoms with Crippen molar-refractivity contribution < 1.29 is 19.8 Å². The van der Waals surface area contributed by atoms with Crippen LogP contribution in [0.25, 0.3) is 0 Å². The number of carboxylic acid groups (broad SMARTS) is 2. The fraction of sp³-hybridized carbons (Fsp3) is 0.724. The predicted molar refractivity (Wildman–Crippen MR) is 137 cm³/mol. The molecule has 0 saturated carbocycles. The summed E-state index contributed by atoms with van der Waals surface area (Å²) in [4.78, 5) is 21.2. The van der Waals surface area contributed by atoms with E-state index < -0.39 is 11.9 Å². The minimum atomic E-state index is -0.682. The Hall–Kier alpha value is -1.84. The van der Waals surface area contributed by atoms with E-state index in [4.69, 9.17) is 10.2 Å². The summed E-state index contributed by atoms with van der Waals surface area (Å²) in [6.45, 7) is 4.59. The SMILES string of the molecule is CC(C)CCc1cccc(CCCCCCCCC(=O)O)c1CCCCCCCCC(=O)O. The van der Waals surface area contributed by atoms with Gasteiger partial charge in [0.1, 0.15) is 0 Å². The maximum atomic E-state index is 10.6. The van der Waals surface area contributed by atoms with Crippen LogP contribution in [-0.2, 0) is 28.9 Å². The second kappa shape index (κ2) is 18.6. The van der Waals surface area contributed by atoms with Gasteiger partial charge in [-0.1, -0.05) is 83.4 Å². The Kier molecular flexibility index (Phi) is 16.4. The summed E-state index contributed by atoms with van der Waals surface area (Å²) in [7, 11) is 0. The third-order valence-corrected chi connectivity index (χ3v) is 6.52. The van der Waals surface area contributed by atoms with Crippen LogP contribution in [-0.4, -0.2) is 22.2 Å². The zero-order chi connectivity index (χ0) is 24.3. The van der Waals surface area contributed by atoms with Gasteiger partial charge in [0.05, 0.1) is 0 Å². The lowest BCUT2D eigenvalue weighted by molar-refractivity contribution is -0.138. The van der Waals surface area contributed by atoms with E-state index in [-0.39, 0.29) is 0 Å². The van der Waals surface area contributed by atoms with Crippen molar-refractivity contribution in [3.05, 3.63) is 34.9 Å². The van der Waals surface area contributed by atoms with Gasteiger partial charge in [0, 0.05) is 12.8 Å². The summed E-state index contributed by atoms with van der Waals surface area (Å²) in [5, 5.41) is 17.5. The Morgan fingerprint density at radius 1 is 0.636 bits per heavy atom. The van der Waals surface area contributed by atoms with Gasteiger partial charge >= 0.3 is 11.9 Å². The van der Waals surface area contributed by atoms with Crippen molar-refractivity contribution in [2.45, 2.75) is 129 Å². The van der Waals surface area contributed by atoms with E-state index in [9.17, 15) is 9.59 Å². The molecule has 0 fully saturated rings. The maximum Gasteiger partial charge on any atom is 0.303 e. The first-order chi connectivity index (χ1) is 15.9. The number of aryl methyl sites for hydroxylation is 2. The molecule has 0 radical (unpaired) electrons. The third kappa shape index (κ3) is 15.6. The fourth-order valence-corrected chi connectivity index (χ4v) is 4.51. The van der Waals surface area contributed by atoms with Crippen molar-refractivity contribution >= 4 is 11.9 Å².